The van der Waals surface area contributed by atoms with Crippen molar-refractivity contribution in [2.45, 2.75) is 32.4 Å². The molecule has 3 heteroatoms. The van der Waals surface area contributed by atoms with Crippen LogP contribution in [0.1, 0.15) is 32.4 Å². The third-order valence-corrected chi connectivity index (χ3v) is 3.21. The van der Waals surface area contributed by atoms with Crippen molar-refractivity contribution in [2.24, 2.45) is 0 Å². The fourth-order valence-electron chi connectivity index (χ4n) is 1.53. The molecule has 2 nitrogen and oxygen atoms in total. The first kappa shape index (κ1) is 11.7. The highest BCUT2D eigenvalue weighted by atomic mass is 32.1. The van der Waals surface area contributed by atoms with Crippen LogP contribution < -0.4 is 5.32 Å². The molecule has 0 spiro atoms. The van der Waals surface area contributed by atoms with E-state index in [1.54, 1.807) is 18.4 Å². The van der Waals surface area contributed by atoms with E-state index < -0.39 is 0 Å². The molecule has 0 saturated heterocycles. The minimum Gasteiger partial charge on any atom is -0.377 e. The summed E-state index contributed by atoms with van der Waals surface area (Å²) >= 11 is 1.72. The summed E-state index contributed by atoms with van der Waals surface area (Å²) in [6.07, 6.45) is 0. The van der Waals surface area contributed by atoms with Crippen molar-refractivity contribution in [1.82, 2.24) is 5.32 Å². The molecule has 1 atom stereocenters. The molecule has 14 heavy (non-hydrogen) atoms. The number of hydrogen-bond acceptors (Lipinski definition) is 3. The van der Waals surface area contributed by atoms with E-state index in [0.717, 1.165) is 6.54 Å². The highest BCUT2D eigenvalue weighted by molar-refractivity contribution is 7.07. The van der Waals surface area contributed by atoms with Gasteiger partial charge in [0.15, 0.2) is 0 Å². The molecule has 0 aromatic carbocycles. The van der Waals surface area contributed by atoms with E-state index in [2.05, 4.69) is 42.9 Å². The lowest BCUT2D eigenvalue weighted by Gasteiger charge is -2.33. The average Bonchev–Trinajstić information content (AvgIpc) is 2.66. The molecule has 0 aliphatic heterocycles. The van der Waals surface area contributed by atoms with Gasteiger partial charge in [-0.15, -0.1) is 0 Å². The molecule has 0 aliphatic rings. The molecule has 0 saturated carbocycles. The number of thiophene rings is 1. The maximum atomic E-state index is 5.52. The van der Waals surface area contributed by atoms with Crippen LogP contribution in [0.15, 0.2) is 16.8 Å². The summed E-state index contributed by atoms with van der Waals surface area (Å²) in [6, 6.07) is 2.42. The van der Waals surface area contributed by atoms with E-state index in [0.29, 0.717) is 0 Å². The third kappa shape index (κ3) is 2.56. The van der Waals surface area contributed by atoms with Gasteiger partial charge in [0, 0.05) is 7.11 Å². The normalized spacial score (nSPS) is 14.3. The van der Waals surface area contributed by atoms with Gasteiger partial charge in [-0.1, -0.05) is 6.92 Å². The van der Waals surface area contributed by atoms with Gasteiger partial charge in [0.2, 0.25) is 0 Å². The monoisotopic (exact) mass is 213 g/mol. The predicted octanol–water partition coefficient (Wildman–Crippen LogP) is 2.82. The van der Waals surface area contributed by atoms with E-state index in [1.807, 2.05) is 0 Å². The van der Waals surface area contributed by atoms with E-state index in [9.17, 15) is 0 Å². The SMILES string of the molecule is CCNC(c1ccsc1)C(C)(C)OC. The van der Waals surface area contributed by atoms with Crippen molar-refractivity contribution in [2.75, 3.05) is 13.7 Å². The average molecular weight is 213 g/mol. The molecule has 1 unspecified atom stereocenters. The number of hydrogen-bond donors (Lipinski definition) is 1. The van der Waals surface area contributed by atoms with Crippen LogP contribution in [-0.2, 0) is 4.74 Å². The fourth-order valence-corrected chi connectivity index (χ4v) is 2.21. The number of nitrogens with one attached hydrogen (secondary N) is 1. The van der Waals surface area contributed by atoms with Crippen molar-refractivity contribution in [3.8, 4) is 0 Å². The van der Waals surface area contributed by atoms with Gasteiger partial charge in [0.1, 0.15) is 0 Å². The Morgan fingerprint density at radius 2 is 2.29 bits per heavy atom. The van der Waals surface area contributed by atoms with Crippen molar-refractivity contribution in [3.63, 3.8) is 0 Å². The second-order valence-electron chi connectivity index (χ2n) is 3.85. The van der Waals surface area contributed by atoms with Gasteiger partial charge in [0.25, 0.3) is 0 Å². The predicted molar refractivity (Wildman–Crippen MR) is 61.8 cm³/mol. The Labute approximate surface area is 90.3 Å². The van der Waals surface area contributed by atoms with Crippen LogP contribution >= 0.6 is 11.3 Å². The topological polar surface area (TPSA) is 21.3 Å². The quantitative estimate of drug-likeness (QED) is 0.812. The molecule has 1 rings (SSSR count). The van der Waals surface area contributed by atoms with Gasteiger partial charge < -0.3 is 10.1 Å². The van der Waals surface area contributed by atoms with E-state index in [1.165, 1.54) is 5.56 Å². The summed E-state index contributed by atoms with van der Waals surface area (Å²) in [5.41, 5.74) is 1.14. The van der Waals surface area contributed by atoms with Gasteiger partial charge in [-0.05, 0) is 42.8 Å². The number of likely N-dealkylation sites (N-methyl/N-ethyl adjacent to an activating group) is 1. The van der Waals surface area contributed by atoms with Gasteiger partial charge in [-0.25, -0.2) is 0 Å². The zero-order valence-corrected chi connectivity index (χ0v) is 10.1. The maximum absolute atomic E-state index is 5.52. The summed E-state index contributed by atoms with van der Waals surface area (Å²) in [6.45, 7) is 7.29. The summed E-state index contributed by atoms with van der Waals surface area (Å²) in [4.78, 5) is 0. The van der Waals surface area contributed by atoms with Crippen LogP contribution in [0.3, 0.4) is 0 Å². The van der Waals surface area contributed by atoms with E-state index in [-0.39, 0.29) is 11.6 Å². The van der Waals surface area contributed by atoms with E-state index >= 15 is 0 Å². The lowest BCUT2D eigenvalue weighted by Crippen LogP contribution is -2.40. The molecule has 80 valence electrons. The standard InChI is InChI=1S/C11H19NOS/c1-5-12-10(11(2,3)13-4)9-6-7-14-8-9/h6-8,10,12H,5H2,1-4H3. The molecule has 1 N–H and O–H groups in total. The molecule has 1 aromatic heterocycles. The summed E-state index contributed by atoms with van der Waals surface area (Å²) < 4.78 is 5.52. The van der Waals surface area contributed by atoms with Gasteiger partial charge in [0.05, 0.1) is 11.6 Å². The Hall–Kier alpha value is -0.380. The second-order valence-corrected chi connectivity index (χ2v) is 4.63. The first-order valence-electron chi connectivity index (χ1n) is 4.92. The molecule has 1 aromatic rings. The van der Waals surface area contributed by atoms with E-state index in [4.69, 9.17) is 4.74 Å². The van der Waals surface area contributed by atoms with Gasteiger partial charge in [-0.3, -0.25) is 0 Å². The molecule has 0 fully saturated rings. The molecular formula is C11H19NOS. The zero-order valence-electron chi connectivity index (χ0n) is 9.33. The Morgan fingerprint density at radius 1 is 1.57 bits per heavy atom. The minimum atomic E-state index is -0.170. The van der Waals surface area contributed by atoms with Crippen molar-refractivity contribution >= 4 is 11.3 Å². The van der Waals surface area contributed by atoms with Crippen LogP contribution in [0, 0.1) is 0 Å². The third-order valence-electron chi connectivity index (χ3n) is 2.51. The first-order valence-corrected chi connectivity index (χ1v) is 5.86. The maximum Gasteiger partial charge on any atom is 0.0816 e. The molecule has 1 heterocycles. The van der Waals surface area contributed by atoms with Crippen LogP contribution in [0.4, 0.5) is 0 Å². The number of rotatable bonds is 5. The Bertz CT molecular complexity index is 256. The van der Waals surface area contributed by atoms with Crippen LogP contribution in [0.2, 0.25) is 0 Å². The van der Waals surface area contributed by atoms with Crippen molar-refractivity contribution < 1.29 is 4.74 Å². The molecule has 0 amide bonds. The second kappa shape index (κ2) is 4.91. The largest absolute Gasteiger partial charge is 0.377 e. The van der Waals surface area contributed by atoms with Crippen LogP contribution in [0.25, 0.3) is 0 Å². The number of methoxy groups -OCH3 is 1. The van der Waals surface area contributed by atoms with Gasteiger partial charge >= 0.3 is 0 Å². The fraction of sp³-hybridized carbons (Fsp3) is 0.636. The Kier molecular flexibility index (Phi) is 4.11. The zero-order chi connectivity index (χ0) is 10.6. The lowest BCUT2D eigenvalue weighted by atomic mass is 9.93. The highest BCUT2D eigenvalue weighted by Crippen LogP contribution is 2.29. The Morgan fingerprint density at radius 3 is 2.71 bits per heavy atom. The van der Waals surface area contributed by atoms with Crippen LogP contribution in [-0.4, -0.2) is 19.3 Å². The number of ether oxygens (including phenoxy) is 1. The Balaban J connectivity index is 2.84. The minimum absolute atomic E-state index is 0.170. The molecule has 0 radical (unpaired) electrons. The lowest BCUT2D eigenvalue weighted by molar-refractivity contribution is -0.0105. The van der Waals surface area contributed by atoms with Crippen molar-refractivity contribution in [3.05, 3.63) is 22.4 Å². The highest BCUT2D eigenvalue weighted by Gasteiger charge is 2.29. The molecule has 0 aliphatic carbocycles. The first-order chi connectivity index (χ1) is 6.61. The van der Waals surface area contributed by atoms with Gasteiger partial charge in [-0.2, -0.15) is 11.3 Å². The van der Waals surface area contributed by atoms with Crippen LogP contribution in [0.5, 0.6) is 0 Å². The summed E-state index contributed by atoms with van der Waals surface area (Å²) in [5, 5.41) is 7.74. The molecular weight excluding hydrogens is 194 g/mol. The summed E-state index contributed by atoms with van der Waals surface area (Å²) in [5.74, 6) is 0. The van der Waals surface area contributed by atoms with Crippen molar-refractivity contribution in [1.29, 1.82) is 0 Å². The molecule has 0 bridgehead atoms. The summed E-state index contributed by atoms with van der Waals surface area (Å²) in [7, 11) is 1.76. The smallest absolute Gasteiger partial charge is 0.0816 e.